The number of hydrogen-bond acceptors (Lipinski definition) is 5. The smallest absolute Gasteiger partial charge is 0.376 e. The predicted molar refractivity (Wildman–Crippen MR) is 49.5 cm³/mol. The van der Waals surface area contributed by atoms with Crippen LogP contribution in [0.25, 0.3) is 0 Å². The van der Waals surface area contributed by atoms with Crippen molar-refractivity contribution in [2.24, 2.45) is 5.16 Å². The maximum absolute atomic E-state index is 10.6. The van der Waals surface area contributed by atoms with Crippen molar-refractivity contribution in [3.05, 3.63) is 0 Å². The number of hydrogen-bond donors (Lipinski definition) is 2. The summed E-state index contributed by atoms with van der Waals surface area (Å²) in [6.07, 6.45) is -1.19. The molecule has 0 bridgehead atoms. The highest BCUT2D eigenvalue weighted by Gasteiger charge is 2.26. The van der Waals surface area contributed by atoms with Crippen LogP contribution in [0.3, 0.4) is 0 Å². The number of ether oxygens (including phenoxy) is 1. The number of oxime groups is 1. The molecule has 86 valence electrons. The van der Waals surface area contributed by atoms with Gasteiger partial charge in [0.2, 0.25) is 0 Å². The molecule has 2 N–H and O–H groups in total. The lowest BCUT2D eigenvalue weighted by atomic mass is 10.2. The van der Waals surface area contributed by atoms with Crippen LogP contribution in [0.1, 0.15) is 20.8 Å². The predicted octanol–water partition coefficient (Wildman–Crippen LogP) is 0.299. The van der Waals surface area contributed by atoms with E-state index in [0.29, 0.717) is 6.21 Å². The molecule has 15 heavy (non-hydrogen) atoms. The van der Waals surface area contributed by atoms with Crippen molar-refractivity contribution < 1.29 is 29.4 Å². The summed E-state index contributed by atoms with van der Waals surface area (Å²) >= 11 is 0. The van der Waals surface area contributed by atoms with Crippen LogP contribution < -0.4 is 0 Å². The molecule has 0 saturated heterocycles. The third-order valence-corrected chi connectivity index (χ3v) is 0.982. The van der Waals surface area contributed by atoms with E-state index in [4.69, 9.17) is 14.9 Å². The van der Waals surface area contributed by atoms with Gasteiger partial charge in [0.25, 0.3) is 0 Å². The van der Waals surface area contributed by atoms with E-state index in [1.54, 1.807) is 20.8 Å². The Morgan fingerprint density at radius 3 is 2.20 bits per heavy atom. The number of aliphatic carboxylic acids is 2. The third kappa shape index (κ3) is 7.44. The lowest BCUT2D eigenvalue weighted by Gasteiger charge is -2.22. The highest BCUT2D eigenvalue weighted by atomic mass is 16.8. The molecule has 7 nitrogen and oxygen atoms in total. The van der Waals surface area contributed by atoms with Gasteiger partial charge in [0.05, 0.1) is 5.60 Å². The van der Waals surface area contributed by atoms with Crippen molar-refractivity contribution in [2.75, 3.05) is 0 Å². The molecule has 0 aromatic rings. The SMILES string of the molecule is CC(C)(C)OC(ON=CC(=O)O)C(=O)O. The molecule has 0 aliphatic carbocycles. The van der Waals surface area contributed by atoms with Gasteiger partial charge in [0.1, 0.15) is 0 Å². The van der Waals surface area contributed by atoms with Gasteiger partial charge in [-0.05, 0) is 20.8 Å². The number of carbonyl (C=O) groups is 2. The third-order valence-electron chi connectivity index (χ3n) is 0.982. The second-order valence-corrected chi connectivity index (χ2v) is 3.58. The fourth-order valence-corrected chi connectivity index (χ4v) is 0.569. The fourth-order valence-electron chi connectivity index (χ4n) is 0.569. The molecular weight excluding hydrogens is 206 g/mol. The van der Waals surface area contributed by atoms with Crippen molar-refractivity contribution in [3.8, 4) is 0 Å². The molecular formula is C8H13NO6. The summed E-state index contributed by atoms with van der Waals surface area (Å²) in [5.41, 5.74) is -0.734. The summed E-state index contributed by atoms with van der Waals surface area (Å²) in [5, 5.41) is 19.8. The van der Waals surface area contributed by atoms with Gasteiger partial charge >= 0.3 is 18.2 Å². The van der Waals surface area contributed by atoms with E-state index in [9.17, 15) is 9.59 Å². The quantitative estimate of drug-likeness (QED) is 0.391. The molecule has 1 unspecified atom stereocenters. The van der Waals surface area contributed by atoms with E-state index in [-0.39, 0.29) is 0 Å². The minimum atomic E-state index is -1.62. The van der Waals surface area contributed by atoms with Gasteiger partial charge in [-0.3, -0.25) is 0 Å². The molecule has 0 aliphatic rings. The average Bonchev–Trinajstić information content (AvgIpc) is 1.99. The van der Waals surface area contributed by atoms with Gasteiger partial charge in [-0.15, -0.1) is 0 Å². The zero-order valence-corrected chi connectivity index (χ0v) is 8.63. The van der Waals surface area contributed by atoms with E-state index >= 15 is 0 Å². The lowest BCUT2D eigenvalue weighted by Crippen LogP contribution is -2.34. The second kappa shape index (κ2) is 5.30. The maximum Gasteiger partial charge on any atom is 0.376 e. The lowest BCUT2D eigenvalue weighted by molar-refractivity contribution is -0.214. The van der Waals surface area contributed by atoms with E-state index in [1.165, 1.54) is 0 Å². The van der Waals surface area contributed by atoms with Crippen molar-refractivity contribution >= 4 is 18.2 Å². The topological polar surface area (TPSA) is 105 Å². The van der Waals surface area contributed by atoms with Gasteiger partial charge in [0.15, 0.2) is 6.21 Å². The maximum atomic E-state index is 10.6. The van der Waals surface area contributed by atoms with Crippen molar-refractivity contribution in [2.45, 2.75) is 32.7 Å². The summed E-state index contributed by atoms with van der Waals surface area (Å²) in [7, 11) is 0. The minimum Gasteiger partial charge on any atom is -0.477 e. The van der Waals surface area contributed by atoms with E-state index in [2.05, 4.69) is 9.99 Å². The van der Waals surface area contributed by atoms with Crippen LogP contribution in [-0.2, 0) is 19.2 Å². The molecule has 0 aromatic carbocycles. The molecule has 7 heteroatoms. The minimum absolute atomic E-state index is 0.433. The molecule has 0 aromatic heterocycles. The van der Waals surface area contributed by atoms with Crippen LogP contribution in [0.15, 0.2) is 5.16 Å². The van der Waals surface area contributed by atoms with E-state index in [0.717, 1.165) is 0 Å². The Kier molecular flexibility index (Phi) is 4.72. The number of nitrogens with zero attached hydrogens (tertiary/aromatic N) is 1. The van der Waals surface area contributed by atoms with Gasteiger partial charge in [-0.2, -0.15) is 0 Å². The number of rotatable bonds is 5. The zero-order chi connectivity index (χ0) is 12.1. The van der Waals surface area contributed by atoms with Crippen molar-refractivity contribution in [3.63, 3.8) is 0 Å². The Morgan fingerprint density at radius 2 is 1.87 bits per heavy atom. The van der Waals surface area contributed by atoms with Crippen molar-refractivity contribution in [1.82, 2.24) is 0 Å². The number of carboxylic acid groups (broad SMARTS) is 2. The second-order valence-electron chi connectivity index (χ2n) is 3.58. The summed E-state index contributed by atoms with van der Waals surface area (Å²) in [6.45, 7) is 4.90. The molecule has 0 aliphatic heterocycles. The Labute approximate surface area is 86.3 Å². The fraction of sp³-hybridized carbons (Fsp3) is 0.625. The molecule has 0 spiro atoms. The van der Waals surface area contributed by atoms with Crippen LogP contribution in [0.5, 0.6) is 0 Å². The molecule has 0 rings (SSSR count). The summed E-state index contributed by atoms with van der Waals surface area (Å²) in [6, 6.07) is 0. The monoisotopic (exact) mass is 219 g/mol. The zero-order valence-electron chi connectivity index (χ0n) is 8.63. The normalized spacial score (nSPS) is 13.8. The number of carboxylic acids is 2. The first kappa shape index (κ1) is 13.4. The van der Waals surface area contributed by atoms with Crippen LogP contribution in [0.4, 0.5) is 0 Å². The van der Waals surface area contributed by atoms with Gasteiger partial charge in [0, 0.05) is 0 Å². The summed E-state index contributed by atoms with van der Waals surface area (Å²) in [4.78, 5) is 25.0. The first-order chi connectivity index (χ1) is 6.72. The molecule has 0 heterocycles. The van der Waals surface area contributed by atoms with E-state index < -0.39 is 23.8 Å². The van der Waals surface area contributed by atoms with Crippen molar-refractivity contribution in [1.29, 1.82) is 0 Å². The van der Waals surface area contributed by atoms with Crippen LogP contribution in [-0.4, -0.2) is 40.3 Å². The summed E-state index contributed by atoms with van der Waals surface area (Å²) < 4.78 is 4.95. The molecule has 1 atom stereocenters. The van der Waals surface area contributed by atoms with E-state index in [1.807, 2.05) is 0 Å². The van der Waals surface area contributed by atoms with Crippen LogP contribution >= 0.6 is 0 Å². The molecule has 0 fully saturated rings. The molecule has 0 saturated carbocycles. The largest absolute Gasteiger partial charge is 0.477 e. The average molecular weight is 219 g/mol. The molecule has 0 amide bonds. The van der Waals surface area contributed by atoms with Crippen LogP contribution in [0, 0.1) is 0 Å². The Morgan fingerprint density at radius 1 is 1.33 bits per heavy atom. The highest BCUT2D eigenvalue weighted by molar-refractivity contribution is 6.21. The first-order valence-corrected chi connectivity index (χ1v) is 4.05. The first-order valence-electron chi connectivity index (χ1n) is 4.05. The molecule has 0 radical (unpaired) electrons. The Bertz CT molecular complexity index is 267. The Hall–Kier alpha value is -1.63. The van der Waals surface area contributed by atoms with Crippen LogP contribution in [0.2, 0.25) is 0 Å². The standard InChI is InChI=1S/C8H13NO6/c1-8(2,3)14-7(6(12)13)15-9-4-5(10)11/h4,7H,1-3H3,(H,10,11)(H,12,13). The highest BCUT2D eigenvalue weighted by Crippen LogP contribution is 2.11. The van der Waals surface area contributed by atoms with Gasteiger partial charge in [-0.25, -0.2) is 9.59 Å². The van der Waals surface area contributed by atoms with Gasteiger partial charge in [-0.1, -0.05) is 5.16 Å². The summed E-state index contributed by atoms with van der Waals surface area (Å²) in [5.74, 6) is -2.72. The Balaban J connectivity index is 4.30. The van der Waals surface area contributed by atoms with Gasteiger partial charge < -0.3 is 19.8 Å².